The second-order valence-electron chi connectivity index (χ2n) is 7.63. The van der Waals surface area contributed by atoms with Crippen LogP contribution in [0, 0.1) is 0 Å². The second kappa shape index (κ2) is 8.98. The molecule has 2 unspecified atom stereocenters. The quantitative estimate of drug-likeness (QED) is 0.344. The smallest absolute Gasteiger partial charge is 0.237 e. The number of ether oxygens (including phenoxy) is 1. The number of carbonyl (C=O) groups is 1. The number of nitrogens with zero attached hydrogens (tertiary/aromatic N) is 3. The first-order valence-corrected chi connectivity index (χ1v) is 10.1. The number of fused-ring (bicyclic) bond motifs is 1. The highest BCUT2D eigenvalue weighted by Gasteiger charge is 2.46. The molecule has 3 heterocycles. The number of aryl methyl sites for hydroxylation is 1. The predicted molar refractivity (Wildman–Crippen MR) is 114 cm³/mol. The van der Waals surface area contributed by atoms with Gasteiger partial charge >= 0.3 is 0 Å². The first-order chi connectivity index (χ1) is 15.0. The molecule has 1 saturated heterocycles. The first kappa shape index (κ1) is 21.2. The maximum absolute atomic E-state index is 12.6. The van der Waals surface area contributed by atoms with Crippen molar-refractivity contribution in [2.24, 2.45) is 5.73 Å². The van der Waals surface area contributed by atoms with Crippen LogP contribution in [0.1, 0.15) is 18.2 Å². The van der Waals surface area contributed by atoms with E-state index in [0.29, 0.717) is 29.7 Å². The largest absolute Gasteiger partial charge is 0.397 e. The summed E-state index contributed by atoms with van der Waals surface area (Å²) in [7, 11) is 0. The maximum Gasteiger partial charge on any atom is 0.237 e. The Labute approximate surface area is 178 Å². The predicted octanol–water partition coefficient (Wildman–Crippen LogP) is -0.291. The molecule has 164 valence electrons. The first-order valence-electron chi connectivity index (χ1n) is 10.1. The topological polar surface area (TPSA) is 162 Å². The molecule has 2 aromatic heterocycles. The van der Waals surface area contributed by atoms with Gasteiger partial charge in [-0.05, 0) is 24.5 Å². The number of nitrogens with one attached hydrogen (secondary N) is 1. The van der Waals surface area contributed by atoms with Crippen molar-refractivity contribution in [1.82, 2.24) is 19.9 Å². The van der Waals surface area contributed by atoms with E-state index in [-0.39, 0.29) is 6.61 Å². The van der Waals surface area contributed by atoms with E-state index < -0.39 is 36.4 Å². The average Bonchev–Trinajstić information content (AvgIpc) is 3.35. The number of aliphatic hydroxyl groups is 2. The highest BCUT2D eigenvalue weighted by atomic mass is 16.5. The zero-order valence-corrected chi connectivity index (χ0v) is 16.8. The van der Waals surface area contributed by atoms with Crippen molar-refractivity contribution in [3.63, 3.8) is 0 Å². The number of hydrogen-bond donors (Lipinski definition) is 5. The Hall–Kier alpha value is -3.05. The zero-order chi connectivity index (χ0) is 22.0. The Balaban J connectivity index is 1.45. The van der Waals surface area contributed by atoms with Crippen LogP contribution in [0.15, 0.2) is 48.9 Å². The molecule has 10 nitrogen and oxygen atoms in total. The third-order valence-electron chi connectivity index (χ3n) is 5.55. The van der Waals surface area contributed by atoms with Crippen LogP contribution in [0.5, 0.6) is 0 Å². The van der Waals surface area contributed by atoms with Crippen molar-refractivity contribution < 1.29 is 19.7 Å². The van der Waals surface area contributed by atoms with Gasteiger partial charge in [0, 0.05) is 6.20 Å². The number of hydrogen-bond acceptors (Lipinski definition) is 8. The molecule has 1 aliphatic rings. The number of nitrogens with two attached hydrogens (primary N) is 2. The summed E-state index contributed by atoms with van der Waals surface area (Å²) in [5, 5.41) is 23.4. The molecule has 0 spiro atoms. The molecule has 5 atom stereocenters. The molecule has 0 saturated carbocycles. The summed E-state index contributed by atoms with van der Waals surface area (Å²) in [6, 6.07) is 9.76. The highest BCUT2D eigenvalue weighted by Crippen LogP contribution is 2.32. The lowest BCUT2D eigenvalue weighted by Crippen LogP contribution is -2.53. The molecule has 1 aliphatic heterocycles. The molecule has 31 heavy (non-hydrogen) atoms. The van der Waals surface area contributed by atoms with Crippen LogP contribution in [0.4, 0.5) is 5.69 Å². The number of imidazole rings is 1. The van der Waals surface area contributed by atoms with Gasteiger partial charge in [-0.1, -0.05) is 30.3 Å². The molecule has 0 radical (unpaired) electrons. The summed E-state index contributed by atoms with van der Waals surface area (Å²) in [6.45, 7) is -0.389. The monoisotopic (exact) mass is 426 g/mol. The van der Waals surface area contributed by atoms with E-state index in [2.05, 4.69) is 15.3 Å². The summed E-state index contributed by atoms with van der Waals surface area (Å²) in [5.41, 5.74) is 14.4. The number of pyridine rings is 1. The molecule has 7 N–H and O–H groups in total. The molecule has 4 rings (SSSR count). The van der Waals surface area contributed by atoms with Crippen molar-refractivity contribution in [3.8, 4) is 0 Å². The molecule has 1 aromatic carbocycles. The van der Waals surface area contributed by atoms with Crippen molar-refractivity contribution in [2.45, 2.75) is 43.4 Å². The van der Waals surface area contributed by atoms with E-state index in [1.54, 1.807) is 10.6 Å². The number of anilines is 1. The number of benzene rings is 1. The Morgan fingerprint density at radius 3 is 2.77 bits per heavy atom. The summed E-state index contributed by atoms with van der Waals surface area (Å²) in [4.78, 5) is 21.1. The van der Waals surface area contributed by atoms with E-state index in [4.69, 9.17) is 16.2 Å². The number of nitrogen functional groups attached to an aromatic ring is 1. The Morgan fingerprint density at radius 1 is 1.26 bits per heavy atom. The molecule has 0 aliphatic carbocycles. The van der Waals surface area contributed by atoms with E-state index in [9.17, 15) is 15.0 Å². The van der Waals surface area contributed by atoms with E-state index in [1.165, 1.54) is 12.5 Å². The van der Waals surface area contributed by atoms with Crippen LogP contribution in [0.3, 0.4) is 0 Å². The van der Waals surface area contributed by atoms with Crippen LogP contribution in [0.2, 0.25) is 0 Å². The lowest BCUT2D eigenvalue weighted by atomic mass is 10.0. The fourth-order valence-electron chi connectivity index (χ4n) is 3.82. The van der Waals surface area contributed by atoms with Gasteiger partial charge < -0.3 is 31.7 Å². The maximum atomic E-state index is 12.6. The van der Waals surface area contributed by atoms with Crippen LogP contribution in [0.25, 0.3) is 11.2 Å². The minimum Gasteiger partial charge on any atom is -0.397 e. The summed E-state index contributed by atoms with van der Waals surface area (Å²) in [5.74, 6) is -0.416. The van der Waals surface area contributed by atoms with Gasteiger partial charge in [0.25, 0.3) is 0 Å². The SMILES string of the molecule is Nc1ccnc2c1ncn2[C@@H]1O[C@H](CO)C(NC(=O)C(N)CCc2ccccc2)[C@@H]1O. The van der Waals surface area contributed by atoms with Crippen molar-refractivity contribution in [1.29, 1.82) is 0 Å². The van der Waals surface area contributed by atoms with E-state index in [1.807, 2.05) is 30.3 Å². The van der Waals surface area contributed by atoms with Gasteiger partial charge in [-0.15, -0.1) is 0 Å². The molecular formula is C21H26N6O4. The van der Waals surface area contributed by atoms with Crippen LogP contribution >= 0.6 is 0 Å². The minimum absolute atomic E-state index is 0.389. The van der Waals surface area contributed by atoms with Gasteiger partial charge in [0.05, 0.1) is 30.7 Å². The molecule has 1 amide bonds. The molecule has 1 fully saturated rings. The minimum atomic E-state index is -1.15. The molecule has 0 bridgehead atoms. The van der Waals surface area contributed by atoms with E-state index in [0.717, 1.165) is 5.56 Å². The van der Waals surface area contributed by atoms with Crippen LogP contribution < -0.4 is 16.8 Å². The van der Waals surface area contributed by atoms with Gasteiger partial charge in [-0.3, -0.25) is 9.36 Å². The standard InChI is InChI=1S/C21H26N6O4/c22-13-8-9-24-19-16(13)25-11-27(19)21-18(29)17(15(10-28)31-21)26-20(30)14(23)7-6-12-4-2-1-3-5-12/h1-5,8-9,11,14-15,17-18,21,28-29H,6-7,10,23H2,(H2,22,24)(H,26,30)/t14?,15-,17?,18+,21-/m1/s1. The van der Waals surface area contributed by atoms with Crippen molar-refractivity contribution >= 4 is 22.8 Å². The molecule has 3 aromatic rings. The average molecular weight is 426 g/mol. The van der Waals surface area contributed by atoms with Gasteiger partial charge in [0.1, 0.15) is 17.7 Å². The van der Waals surface area contributed by atoms with Gasteiger partial charge in [0.2, 0.25) is 5.91 Å². The third kappa shape index (κ3) is 4.23. The summed E-state index contributed by atoms with van der Waals surface area (Å²) < 4.78 is 7.37. The zero-order valence-electron chi connectivity index (χ0n) is 16.8. The van der Waals surface area contributed by atoms with Gasteiger partial charge in [-0.25, -0.2) is 9.97 Å². The number of aliphatic hydroxyl groups excluding tert-OH is 2. The summed E-state index contributed by atoms with van der Waals surface area (Å²) >= 11 is 0. The number of amides is 1. The number of carbonyl (C=O) groups excluding carboxylic acids is 1. The lowest BCUT2D eigenvalue weighted by molar-refractivity contribution is -0.124. The lowest BCUT2D eigenvalue weighted by Gasteiger charge is -2.22. The summed E-state index contributed by atoms with van der Waals surface area (Å²) in [6.07, 6.45) is 1.23. The van der Waals surface area contributed by atoms with Crippen LogP contribution in [-0.4, -0.2) is 61.6 Å². The second-order valence-corrected chi connectivity index (χ2v) is 7.63. The number of rotatable bonds is 7. The fraction of sp³-hybridized carbons (Fsp3) is 0.381. The van der Waals surface area contributed by atoms with Crippen LogP contribution in [-0.2, 0) is 16.0 Å². The van der Waals surface area contributed by atoms with Gasteiger partial charge in [0.15, 0.2) is 11.9 Å². The van der Waals surface area contributed by atoms with Gasteiger partial charge in [-0.2, -0.15) is 0 Å². The Morgan fingerprint density at radius 2 is 2.03 bits per heavy atom. The fourth-order valence-corrected chi connectivity index (χ4v) is 3.82. The number of aromatic nitrogens is 3. The third-order valence-corrected chi connectivity index (χ3v) is 5.55. The molecular weight excluding hydrogens is 400 g/mol. The Bertz CT molecular complexity index is 1040. The van der Waals surface area contributed by atoms with Crippen molar-refractivity contribution in [2.75, 3.05) is 12.3 Å². The van der Waals surface area contributed by atoms with Crippen molar-refractivity contribution in [3.05, 3.63) is 54.5 Å². The molecule has 10 heteroatoms. The Kier molecular flexibility index (Phi) is 6.14. The highest BCUT2D eigenvalue weighted by molar-refractivity contribution is 5.84. The normalized spacial score (nSPS) is 24.4. The van der Waals surface area contributed by atoms with E-state index >= 15 is 0 Å².